The third-order valence-electron chi connectivity index (χ3n) is 3.77. The molecule has 5 nitrogen and oxygen atoms in total. The maximum absolute atomic E-state index is 13.0. The molecule has 0 spiro atoms. The van der Waals surface area contributed by atoms with Gasteiger partial charge in [0.15, 0.2) is 0 Å². The van der Waals surface area contributed by atoms with Crippen molar-refractivity contribution in [2.75, 3.05) is 18.6 Å². The average molecular weight is 440 g/mol. The van der Waals surface area contributed by atoms with E-state index in [1.807, 2.05) is 24.3 Å². The Balaban J connectivity index is 2.21. The maximum Gasteiger partial charge on any atom is 0.224 e. The normalized spacial score (nSPS) is 11.7. The molecule has 0 fully saturated rings. The molecule has 0 aliphatic heterocycles. The first kappa shape index (κ1) is 18.3. The number of hydrogen-bond donors (Lipinski definition) is 1. The van der Waals surface area contributed by atoms with Crippen molar-refractivity contribution in [3.8, 4) is 0 Å². The van der Waals surface area contributed by atoms with E-state index in [2.05, 4.69) is 43.1 Å². The van der Waals surface area contributed by atoms with Crippen molar-refractivity contribution in [1.29, 1.82) is 0 Å². The standard InChI is InChI=1S/C17H17BrClN4OP/c1-4-10-5-6-11-13(21-10)7-8-14(15(11)25(2,3)24)22-16-12(18)9-20-17(19)23-16/h5-9H,4H2,1-3H3,(H,20,22,23). The summed E-state index contributed by atoms with van der Waals surface area (Å²) in [5.74, 6) is 0.521. The minimum Gasteiger partial charge on any atom is -0.339 e. The Kier molecular flexibility index (Phi) is 5.14. The van der Waals surface area contributed by atoms with Gasteiger partial charge in [0.1, 0.15) is 13.0 Å². The Morgan fingerprint density at radius 2 is 1.96 bits per heavy atom. The van der Waals surface area contributed by atoms with Gasteiger partial charge in [0.25, 0.3) is 0 Å². The highest BCUT2D eigenvalue weighted by atomic mass is 79.9. The van der Waals surface area contributed by atoms with Gasteiger partial charge < -0.3 is 9.88 Å². The monoisotopic (exact) mass is 438 g/mol. The second-order valence-corrected chi connectivity index (χ2v) is 10.3. The van der Waals surface area contributed by atoms with Crippen molar-refractivity contribution >= 4 is 62.4 Å². The molecule has 1 aromatic carbocycles. The molecule has 0 unspecified atom stereocenters. The van der Waals surface area contributed by atoms with Gasteiger partial charge in [-0.05, 0) is 65.5 Å². The molecular weight excluding hydrogens is 423 g/mol. The number of benzene rings is 1. The zero-order valence-electron chi connectivity index (χ0n) is 14.0. The third-order valence-corrected chi connectivity index (χ3v) is 6.09. The lowest BCUT2D eigenvalue weighted by molar-refractivity contribution is 0.588. The number of pyridine rings is 1. The fraction of sp³-hybridized carbons (Fsp3) is 0.235. The SMILES string of the molecule is CCc1ccc2c(P(C)(C)=O)c(Nc3nc(Cl)ncc3Br)ccc2n1. The van der Waals surface area contributed by atoms with Gasteiger partial charge in [0, 0.05) is 22.6 Å². The summed E-state index contributed by atoms with van der Waals surface area (Å²) in [6, 6.07) is 7.77. The van der Waals surface area contributed by atoms with Crippen molar-refractivity contribution in [2.24, 2.45) is 0 Å². The molecule has 0 atom stereocenters. The van der Waals surface area contributed by atoms with Gasteiger partial charge in [-0.15, -0.1) is 0 Å². The molecule has 0 radical (unpaired) electrons. The summed E-state index contributed by atoms with van der Waals surface area (Å²) >= 11 is 9.30. The highest BCUT2D eigenvalue weighted by molar-refractivity contribution is 9.10. The van der Waals surface area contributed by atoms with Crippen LogP contribution in [-0.2, 0) is 11.0 Å². The average Bonchev–Trinajstić information content (AvgIpc) is 2.56. The number of halogens is 2. The molecule has 3 rings (SSSR count). The van der Waals surface area contributed by atoms with E-state index < -0.39 is 7.14 Å². The molecule has 25 heavy (non-hydrogen) atoms. The predicted molar refractivity (Wildman–Crippen MR) is 108 cm³/mol. The first-order valence-corrected chi connectivity index (χ1v) is 11.5. The molecule has 0 bridgehead atoms. The molecular formula is C17H17BrClN4OP. The second kappa shape index (κ2) is 7.02. The van der Waals surface area contributed by atoms with Gasteiger partial charge in [-0.25, -0.2) is 4.98 Å². The van der Waals surface area contributed by atoms with E-state index in [9.17, 15) is 4.57 Å². The smallest absolute Gasteiger partial charge is 0.224 e. The largest absolute Gasteiger partial charge is 0.339 e. The van der Waals surface area contributed by atoms with Gasteiger partial charge in [-0.1, -0.05) is 13.0 Å². The molecule has 2 heterocycles. The van der Waals surface area contributed by atoms with Crippen LogP contribution in [0, 0.1) is 0 Å². The Morgan fingerprint density at radius 3 is 2.64 bits per heavy atom. The highest BCUT2D eigenvalue weighted by Gasteiger charge is 2.21. The van der Waals surface area contributed by atoms with Gasteiger partial charge in [0.2, 0.25) is 5.28 Å². The predicted octanol–water partition coefficient (Wildman–Crippen LogP) is 4.99. The van der Waals surface area contributed by atoms with Crippen LogP contribution in [0.3, 0.4) is 0 Å². The summed E-state index contributed by atoms with van der Waals surface area (Å²) in [7, 11) is -2.58. The summed E-state index contributed by atoms with van der Waals surface area (Å²) < 4.78 is 13.7. The van der Waals surface area contributed by atoms with Crippen molar-refractivity contribution < 1.29 is 4.57 Å². The first-order chi connectivity index (χ1) is 11.8. The molecule has 1 N–H and O–H groups in total. The van der Waals surface area contributed by atoms with E-state index in [4.69, 9.17) is 11.6 Å². The van der Waals surface area contributed by atoms with Gasteiger partial charge >= 0.3 is 0 Å². The molecule has 3 aromatic rings. The Hall–Kier alpha value is -1.49. The topological polar surface area (TPSA) is 67.8 Å². The number of aryl methyl sites for hydroxylation is 1. The van der Waals surface area contributed by atoms with E-state index in [0.29, 0.717) is 10.3 Å². The molecule has 0 amide bonds. The maximum atomic E-state index is 13.0. The van der Waals surface area contributed by atoms with E-state index in [1.54, 1.807) is 19.5 Å². The zero-order chi connectivity index (χ0) is 18.2. The third kappa shape index (κ3) is 3.86. The van der Waals surface area contributed by atoms with Gasteiger partial charge in [-0.2, -0.15) is 4.98 Å². The molecule has 0 saturated heterocycles. The number of rotatable bonds is 4. The summed E-state index contributed by atoms with van der Waals surface area (Å²) in [4.78, 5) is 12.8. The van der Waals surface area contributed by atoms with Crippen LogP contribution >= 0.6 is 34.7 Å². The van der Waals surface area contributed by atoms with Crippen LogP contribution in [0.5, 0.6) is 0 Å². The lowest BCUT2D eigenvalue weighted by Crippen LogP contribution is -2.13. The lowest BCUT2D eigenvalue weighted by Gasteiger charge is -2.18. The fourth-order valence-electron chi connectivity index (χ4n) is 2.67. The summed E-state index contributed by atoms with van der Waals surface area (Å²) in [5.41, 5.74) is 2.57. The minimum atomic E-state index is -2.58. The van der Waals surface area contributed by atoms with Crippen LogP contribution in [0.4, 0.5) is 11.5 Å². The molecule has 0 aliphatic carbocycles. The van der Waals surface area contributed by atoms with Crippen LogP contribution in [0.1, 0.15) is 12.6 Å². The molecule has 0 saturated carbocycles. The minimum absolute atomic E-state index is 0.137. The van der Waals surface area contributed by atoms with E-state index in [0.717, 1.165) is 34.0 Å². The summed E-state index contributed by atoms with van der Waals surface area (Å²) in [5, 5.41) is 5.00. The zero-order valence-corrected chi connectivity index (χ0v) is 17.3. The van der Waals surface area contributed by atoms with Crippen LogP contribution in [-0.4, -0.2) is 28.3 Å². The van der Waals surface area contributed by atoms with E-state index in [-0.39, 0.29) is 5.28 Å². The van der Waals surface area contributed by atoms with E-state index >= 15 is 0 Å². The number of aromatic nitrogens is 3. The molecule has 8 heteroatoms. The Labute approximate surface area is 159 Å². The number of fused-ring (bicyclic) bond motifs is 1. The van der Waals surface area contributed by atoms with Crippen LogP contribution in [0.15, 0.2) is 34.9 Å². The molecule has 130 valence electrons. The van der Waals surface area contributed by atoms with E-state index in [1.165, 1.54) is 0 Å². The van der Waals surface area contributed by atoms with Crippen molar-refractivity contribution in [1.82, 2.24) is 15.0 Å². The van der Waals surface area contributed by atoms with Crippen LogP contribution in [0.2, 0.25) is 5.28 Å². The van der Waals surface area contributed by atoms with Crippen molar-refractivity contribution in [2.45, 2.75) is 13.3 Å². The lowest BCUT2D eigenvalue weighted by atomic mass is 10.1. The summed E-state index contributed by atoms with van der Waals surface area (Å²) in [6.07, 6.45) is 2.43. The van der Waals surface area contributed by atoms with Gasteiger partial charge in [0.05, 0.1) is 15.7 Å². The number of nitrogens with zero attached hydrogens (tertiary/aromatic N) is 3. The molecule has 0 aliphatic rings. The second-order valence-electron chi connectivity index (χ2n) is 6.00. The highest BCUT2D eigenvalue weighted by Crippen LogP contribution is 2.41. The van der Waals surface area contributed by atoms with Crippen LogP contribution < -0.4 is 10.6 Å². The van der Waals surface area contributed by atoms with Crippen LogP contribution in [0.25, 0.3) is 10.9 Å². The Bertz CT molecular complexity index is 1010. The number of anilines is 2. The molecule has 2 aromatic heterocycles. The number of hydrogen-bond acceptors (Lipinski definition) is 5. The van der Waals surface area contributed by atoms with Crippen molar-refractivity contribution in [3.05, 3.63) is 45.9 Å². The first-order valence-electron chi connectivity index (χ1n) is 7.73. The quantitative estimate of drug-likeness (QED) is 0.458. The van der Waals surface area contributed by atoms with Crippen molar-refractivity contribution in [3.63, 3.8) is 0 Å². The fourth-order valence-corrected chi connectivity index (χ4v) is 4.57. The van der Waals surface area contributed by atoms with Gasteiger partial charge in [-0.3, -0.25) is 4.98 Å². The Morgan fingerprint density at radius 1 is 1.20 bits per heavy atom. The number of nitrogens with one attached hydrogen (secondary N) is 1. The summed E-state index contributed by atoms with van der Waals surface area (Å²) in [6.45, 7) is 5.57.